The molecule has 5 heteroatoms. The Balaban J connectivity index is 0. The van der Waals surface area contributed by atoms with Crippen LogP contribution >= 0.6 is 35.6 Å². The molecule has 70 valence electrons. The summed E-state index contributed by atoms with van der Waals surface area (Å²) in [5.41, 5.74) is 6.22. The first kappa shape index (κ1) is 14.5. The molecule has 1 aromatic heterocycles. The summed E-state index contributed by atoms with van der Waals surface area (Å²) in [6, 6.07) is 5.70. The Morgan fingerprint density at radius 3 is 2.17 bits per heavy atom. The van der Waals surface area contributed by atoms with E-state index in [1.54, 1.807) is 6.20 Å². The van der Waals surface area contributed by atoms with Crippen molar-refractivity contribution in [3.05, 3.63) is 30.1 Å². The highest BCUT2D eigenvalue weighted by molar-refractivity contribution is 6.40. The van der Waals surface area contributed by atoms with Gasteiger partial charge in [0.25, 0.3) is 0 Å². The van der Waals surface area contributed by atoms with Crippen molar-refractivity contribution in [3.8, 4) is 0 Å². The summed E-state index contributed by atoms with van der Waals surface area (Å²) in [6.07, 6.45) is 1.74. The van der Waals surface area contributed by atoms with E-state index in [2.05, 4.69) is 4.98 Å². The lowest BCUT2D eigenvalue weighted by atomic mass is 10.4. The van der Waals surface area contributed by atoms with Crippen LogP contribution in [0.3, 0.4) is 0 Å². The molecule has 0 spiro atoms. The van der Waals surface area contributed by atoms with Crippen molar-refractivity contribution < 1.29 is 0 Å². The van der Waals surface area contributed by atoms with Crippen molar-refractivity contribution in [1.82, 2.24) is 4.98 Å². The number of pyridine rings is 1. The molecule has 0 atom stereocenters. The summed E-state index contributed by atoms with van der Waals surface area (Å²) in [6.45, 7) is 0.529. The zero-order valence-electron chi connectivity index (χ0n) is 6.41. The van der Waals surface area contributed by atoms with Crippen LogP contribution in [0.25, 0.3) is 0 Å². The first-order valence-electron chi connectivity index (χ1n) is 3.07. The highest BCUT2D eigenvalue weighted by atomic mass is 35.5. The molecule has 0 unspecified atom stereocenters. The van der Waals surface area contributed by atoms with E-state index in [1.807, 2.05) is 18.2 Å². The molecule has 0 aromatic carbocycles. The molecule has 0 radical (unpaired) electrons. The van der Waals surface area contributed by atoms with Crippen LogP contribution in [0.1, 0.15) is 5.69 Å². The van der Waals surface area contributed by atoms with Gasteiger partial charge in [0.15, 0.2) is 0 Å². The van der Waals surface area contributed by atoms with Gasteiger partial charge in [-0.25, -0.2) is 0 Å². The molecular formula is C7H11Cl3N2. The van der Waals surface area contributed by atoms with Crippen LogP contribution in [0.5, 0.6) is 0 Å². The van der Waals surface area contributed by atoms with E-state index in [1.165, 1.54) is 0 Å². The molecule has 0 saturated carbocycles. The maximum absolute atomic E-state index is 5.29. The summed E-state index contributed by atoms with van der Waals surface area (Å²) in [4.78, 5) is 3.97. The predicted octanol–water partition coefficient (Wildman–Crippen LogP) is 2.38. The van der Waals surface area contributed by atoms with E-state index in [0.717, 1.165) is 5.69 Å². The van der Waals surface area contributed by atoms with Crippen molar-refractivity contribution >= 4 is 35.6 Å². The average molecular weight is 230 g/mol. The molecule has 1 heterocycles. The molecule has 12 heavy (non-hydrogen) atoms. The minimum Gasteiger partial charge on any atom is -0.325 e. The van der Waals surface area contributed by atoms with Crippen LogP contribution in [0.4, 0.5) is 0 Å². The van der Waals surface area contributed by atoms with Gasteiger partial charge < -0.3 is 5.73 Å². The summed E-state index contributed by atoms with van der Waals surface area (Å²) < 4.78 is 0. The Morgan fingerprint density at radius 1 is 1.33 bits per heavy atom. The van der Waals surface area contributed by atoms with E-state index >= 15 is 0 Å². The number of hydrogen-bond acceptors (Lipinski definition) is 2. The Morgan fingerprint density at radius 2 is 1.92 bits per heavy atom. The van der Waals surface area contributed by atoms with Gasteiger partial charge in [0, 0.05) is 12.7 Å². The van der Waals surface area contributed by atoms with E-state index in [4.69, 9.17) is 28.9 Å². The predicted molar refractivity (Wildman–Crippen MR) is 55.9 cm³/mol. The van der Waals surface area contributed by atoms with Crippen molar-refractivity contribution in [3.63, 3.8) is 0 Å². The minimum atomic E-state index is 0. The molecule has 0 saturated heterocycles. The highest BCUT2D eigenvalue weighted by Crippen LogP contribution is 1.88. The van der Waals surface area contributed by atoms with Crippen molar-refractivity contribution in [1.29, 1.82) is 0 Å². The quantitative estimate of drug-likeness (QED) is 0.751. The van der Waals surface area contributed by atoms with Gasteiger partial charge in [0.1, 0.15) is 0 Å². The Labute approximate surface area is 88.5 Å². The third kappa shape index (κ3) is 8.08. The van der Waals surface area contributed by atoms with Crippen molar-refractivity contribution in [2.75, 3.05) is 5.34 Å². The van der Waals surface area contributed by atoms with Crippen LogP contribution in [-0.2, 0) is 6.54 Å². The van der Waals surface area contributed by atoms with Crippen LogP contribution in [0.15, 0.2) is 24.4 Å². The minimum absolute atomic E-state index is 0. The number of nitrogens with two attached hydrogens (primary N) is 1. The lowest BCUT2D eigenvalue weighted by Crippen LogP contribution is -1.97. The second-order valence-electron chi connectivity index (χ2n) is 1.63. The number of nitrogens with zero attached hydrogens (tertiary/aromatic N) is 1. The largest absolute Gasteiger partial charge is 0.325 e. The van der Waals surface area contributed by atoms with Crippen LogP contribution in [0, 0.1) is 0 Å². The van der Waals surface area contributed by atoms with Gasteiger partial charge in [-0.2, -0.15) is 0 Å². The smallest absolute Gasteiger partial charge is 0.0967 e. The second-order valence-corrected chi connectivity index (χ2v) is 2.43. The van der Waals surface area contributed by atoms with Crippen LogP contribution < -0.4 is 5.73 Å². The number of aromatic nitrogens is 1. The molecule has 1 rings (SSSR count). The molecular weight excluding hydrogens is 218 g/mol. The van der Waals surface area contributed by atoms with Gasteiger partial charge in [-0.15, -0.1) is 35.6 Å². The maximum atomic E-state index is 5.29. The van der Waals surface area contributed by atoms with E-state index < -0.39 is 0 Å². The SMILES string of the molecule is Cl.ClCCl.NCc1ccccn1. The van der Waals surface area contributed by atoms with Gasteiger partial charge in [0.05, 0.1) is 11.0 Å². The fourth-order valence-electron chi connectivity index (χ4n) is 0.519. The summed E-state index contributed by atoms with van der Waals surface area (Å²) in [5, 5.41) is 0.194. The van der Waals surface area contributed by atoms with Gasteiger partial charge >= 0.3 is 0 Å². The average Bonchev–Trinajstić information content (AvgIpc) is 2.08. The number of hydrogen-bond donors (Lipinski definition) is 1. The molecule has 0 aliphatic rings. The fourth-order valence-corrected chi connectivity index (χ4v) is 0.519. The summed E-state index contributed by atoms with van der Waals surface area (Å²) in [5.74, 6) is 0. The van der Waals surface area contributed by atoms with Gasteiger partial charge in [-0.3, -0.25) is 4.98 Å². The zero-order chi connectivity index (χ0) is 8.53. The third-order valence-corrected chi connectivity index (χ3v) is 0.935. The molecule has 0 bridgehead atoms. The topological polar surface area (TPSA) is 38.9 Å². The fraction of sp³-hybridized carbons (Fsp3) is 0.286. The normalized spacial score (nSPS) is 7.58. The monoisotopic (exact) mass is 228 g/mol. The lowest BCUT2D eigenvalue weighted by Gasteiger charge is -1.89. The summed E-state index contributed by atoms with van der Waals surface area (Å²) >= 11 is 9.53. The number of alkyl halides is 2. The number of rotatable bonds is 1. The molecule has 0 aliphatic heterocycles. The standard InChI is InChI=1S/C6H8N2.CH2Cl2.ClH/c7-5-6-3-1-2-4-8-6;2-1-3;/h1-4H,5,7H2;1H2;1H. The van der Waals surface area contributed by atoms with Crippen LogP contribution in [-0.4, -0.2) is 10.3 Å². The number of halogens is 3. The molecule has 0 amide bonds. The highest BCUT2D eigenvalue weighted by Gasteiger charge is 1.81. The van der Waals surface area contributed by atoms with Crippen LogP contribution in [0.2, 0.25) is 0 Å². The van der Waals surface area contributed by atoms with E-state index in [9.17, 15) is 0 Å². The molecule has 2 N–H and O–H groups in total. The maximum Gasteiger partial charge on any atom is 0.0967 e. The van der Waals surface area contributed by atoms with Gasteiger partial charge in [-0.05, 0) is 12.1 Å². The molecule has 0 fully saturated rings. The Bertz CT molecular complexity index is 170. The summed E-state index contributed by atoms with van der Waals surface area (Å²) in [7, 11) is 0. The van der Waals surface area contributed by atoms with Crippen molar-refractivity contribution in [2.45, 2.75) is 6.54 Å². The van der Waals surface area contributed by atoms with E-state index in [-0.39, 0.29) is 17.7 Å². The second kappa shape index (κ2) is 11.0. The first-order valence-corrected chi connectivity index (χ1v) is 4.14. The first-order chi connectivity index (χ1) is 5.35. The Hall–Kier alpha value is -0.0200. The lowest BCUT2D eigenvalue weighted by molar-refractivity contribution is 0.991. The molecule has 0 aliphatic carbocycles. The van der Waals surface area contributed by atoms with Gasteiger partial charge in [-0.1, -0.05) is 6.07 Å². The zero-order valence-corrected chi connectivity index (χ0v) is 8.74. The Kier molecular flexibility index (Phi) is 13.3. The van der Waals surface area contributed by atoms with Crippen molar-refractivity contribution in [2.24, 2.45) is 5.73 Å². The third-order valence-electron chi connectivity index (χ3n) is 0.935. The van der Waals surface area contributed by atoms with E-state index in [0.29, 0.717) is 6.54 Å². The molecule has 2 nitrogen and oxygen atoms in total. The molecule has 1 aromatic rings. The van der Waals surface area contributed by atoms with Gasteiger partial charge in [0.2, 0.25) is 0 Å².